The first kappa shape index (κ1) is 11.4. The molecule has 1 unspecified atom stereocenters. The first-order valence-corrected chi connectivity index (χ1v) is 6.70. The lowest BCUT2D eigenvalue weighted by atomic mass is 10.0. The van der Waals surface area contributed by atoms with Crippen LogP contribution in [0.15, 0.2) is 48.0 Å². The van der Waals surface area contributed by atoms with Crippen molar-refractivity contribution in [3.8, 4) is 0 Å². The van der Waals surface area contributed by atoms with Crippen LogP contribution in [-0.4, -0.2) is 10.1 Å². The Morgan fingerprint density at radius 2 is 2.11 bits per heavy atom. The molecule has 0 aliphatic heterocycles. The summed E-state index contributed by atoms with van der Waals surface area (Å²) in [7, 11) is 0. The van der Waals surface area contributed by atoms with Crippen molar-refractivity contribution >= 4 is 22.2 Å². The fourth-order valence-electron chi connectivity index (χ4n) is 2.07. The first-order valence-electron chi connectivity index (χ1n) is 5.82. The van der Waals surface area contributed by atoms with Gasteiger partial charge in [0.25, 0.3) is 0 Å². The summed E-state index contributed by atoms with van der Waals surface area (Å²) in [5.41, 5.74) is 2.95. The SMILES string of the molecule is Cc1ccsc1C(O)c1ccc2cccnc2c1. The second-order valence-corrected chi connectivity index (χ2v) is 5.27. The van der Waals surface area contributed by atoms with Gasteiger partial charge in [0.05, 0.1) is 5.52 Å². The number of pyridine rings is 1. The van der Waals surface area contributed by atoms with Gasteiger partial charge in [0.1, 0.15) is 6.10 Å². The van der Waals surface area contributed by atoms with Gasteiger partial charge in [-0.1, -0.05) is 18.2 Å². The second-order valence-electron chi connectivity index (χ2n) is 4.33. The molecule has 90 valence electrons. The molecule has 0 fully saturated rings. The fraction of sp³-hybridized carbons (Fsp3) is 0.133. The van der Waals surface area contributed by atoms with Crippen LogP contribution in [0.25, 0.3) is 10.9 Å². The number of hydrogen-bond donors (Lipinski definition) is 1. The Kier molecular flexibility index (Phi) is 2.86. The highest BCUT2D eigenvalue weighted by Gasteiger charge is 2.14. The van der Waals surface area contributed by atoms with Crippen molar-refractivity contribution in [2.45, 2.75) is 13.0 Å². The van der Waals surface area contributed by atoms with Crippen molar-refractivity contribution in [2.24, 2.45) is 0 Å². The third-order valence-corrected chi connectivity index (χ3v) is 4.17. The summed E-state index contributed by atoms with van der Waals surface area (Å²) < 4.78 is 0. The predicted octanol–water partition coefficient (Wildman–Crippen LogP) is 3.69. The molecule has 0 amide bonds. The molecule has 0 bridgehead atoms. The maximum absolute atomic E-state index is 10.4. The number of rotatable bonds is 2. The summed E-state index contributed by atoms with van der Waals surface area (Å²) in [5, 5.41) is 13.5. The van der Waals surface area contributed by atoms with E-state index in [4.69, 9.17) is 0 Å². The van der Waals surface area contributed by atoms with Crippen molar-refractivity contribution in [3.63, 3.8) is 0 Å². The van der Waals surface area contributed by atoms with E-state index in [9.17, 15) is 5.11 Å². The van der Waals surface area contributed by atoms with Crippen molar-refractivity contribution in [1.82, 2.24) is 4.98 Å². The van der Waals surface area contributed by atoms with Crippen LogP contribution in [0.3, 0.4) is 0 Å². The molecule has 3 heteroatoms. The molecule has 1 atom stereocenters. The van der Waals surface area contributed by atoms with E-state index < -0.39 is 6.10 Å². The van der Waals surface area contributed by atoms with Gasteiger partial charge < -0.3 is 5.11 Å². The highest BCUT2D eigenvalue weighted by Crippen LogP contribution is 2.30. The molecule has 0 radical (unpaired) electrons. The number of benzene rings is 1. The Morgan fingerprint density at radius 3 is 2.89 bits per heavy atom. The Bertz CT molecular complexity index is 690. The molecule has 2 nitrogen and oxygen atoms in total. The smallest absolute Gasteiger partial charge is 0.114 e. The zero-order valence-corrected chi connectivity index (χ0v) is 10.8. The highest BCUT2D eigenvalue weighted by atomic mass is 32.1. The van der Waals surface area contributed by atoms with Crippen LogP contribution >= 0.6 is 11.3 Å². The summed E-state index contributed by atoms with van der Waals surface area (Å²) in [6, 6.07) is 11.9. The van der Waals surface area contributed by atoms with E-state index in [-0.39, 0.29) is 0 Å². The third kappa shape index (κ3) is 1.92. The van der Waals surface area contributed by atoms with Crippen LogP contribution < -0.4 is 0 Å². The van der Waals surface area contributed by atoms with Gasteiger partial charge >= 0.3 is 0 Å². The summed E-state index contributed by atoms with van der Waals surface area (Å²) >= 11 is 1.59. The Balaban J connectivity index is 2.07. The van der Waals surface area contributed by atoms with Gasteiger partial charge in [-0.05, 0) is 41.6 Å². The van der Waals surface area contributed by atoms with Gasteiger partial charge in [-0.2, -0.15) is 0 Å². The molecule has 1 aromatic carbocycles. The number of hydrogen-bond acceptors (Lipinski definition) is 3. The van der Waals surface area contributed by atoms with Crippen molar-refractivity contribution in [3.05, 3.63) is 64.0 Å². The number of fused-ring (bicyclic) bond motifs is 1. The molecule has 18 heavy (non-hydrogen) atoms. The van der Waals surface area contributed by atoms with Gasteiger partial charge in [0.15, 0.2) is 0 Å². The van der Waals surface area contributed by atoms with E-state index in [2.05, 4.69) is 4.98 Å². The van der Waals surface area contributed by atoms with Crippen LogP contribution in [0.2, 0.25) is 0 Å². The van der Waals surface area contributed by atoms with E-state index >= 15 is 0 Å². The molecule has 3 rings (SSSR count). The molecule has 3 aromatic rings. The van der Waals surface area contributed by atoms with Crippen LogP contribution in [0.5, 0.6) is 0 Å². The minimum atomic E-state index is -0.559. The minimum absolute atomic E-state index is 0.559. The van der Waals surface area contributed by atoms with Gasteiger partial charge in [-0.15, -0.1) is 11.3 Å². The van der Waals surface area contributed by atoms with Gasteiger partial charge in [-0.3, -0.25) is 4.98 Å². The zero-order valence-electron chi connectivity index (χ0n) is 10.00. The summed E-state index contributed by atoms with van der Waals surface area (Å²) in [4.78, 5) is 5.33. The summed E-state index contributed by atoms with van der Waals surface area (Å²) in [6.45, 7) is 2.02. The standard InChI is InChI=1S/C15H13NOS/c1-10-6-8-18-15(10)14(17)12-5-4-11-3-2-7-16-13(11)9-12/h2-9,14,17H,1H3. The summed E-state index contributed by atoms with van der Waals surface area (Å²) in [5.74, 6) is 0. The van der Waals surface area contributed by atoms with Crippen molar-refractivity contribution in [2.75, 3.05) is 0 Å². The largest absolute Gasteiger partial charge is 0.383 e. The highest BCUT2D eigenvalue weighted by molar-refractivity contribution is 7.10. The topological polar surface area (TPSA) is 33.1 Å². The molecular formula is C15H13NOS. The van der Waals surface area contributed by atoms with E-state index in [0.29, 0.717) is 0 Å². The third-order valence-electron chi connectivity index (χ3n) is 3.10. The molecule has 2 heterocycles. The lowest BCUT2D eigenvalue weighted by molar-refractivity contribution is 0.223. The quantitative estimate of drug-likeness (QED) is 0.757. The van der Waals surface area contributed by atoms with Crippen molar-refractivity contribution < 1.29 is 5.11 Å². The molecule has 0 saturated carbocycles. The minimum Gasteiger partial charge on any atom is -0.383 e. The lowest BCUT2D eigenvalue weighted by Crippen LogP contribution is -1.98. The number of aromatic nitrogens is 1. The fourth-order valence-corrected chi connectivity index (χ4v) is 3.01. The molecule has 0 saturated heterocycles. The van der Waals surface area contributed by atoms with E-state index in [1.807, 2.05) is 48.7 Å². The second kappa shape index (κ2) is 4.52. The first-order chi connectivity index (χ1) is 8.75. The number of aliphatic hydroxyl groups excluding tert-OH is 1. The Labute approximate surface area is 110 Å². The van der Waals surface area contributed by atoms with Crippen LogP contribution in [0.4, 0.5) is 0 Å². The Morgan fingerprint density at radius 1 is 1.22 bits per heavy atom. The van der Waals surface area contributed by atoms with Gasteiger partial charge in [0.2, 0.25) is 0 Å². The lowest BCUT2D eigenvalue weighted by Gasteiger charge is -2.11. The van der Waals surface area contributed by atoms with Crippen molar-refractivity contribution in [1.29, 1.82) is 0 Å². The molecular weight excluding hydrogens is 242 g/mol. The molecule has 2 aromatic heterocycles. The molecule has 0 spiro atoms. The van der Waals surface area contributed by atoms with E-state index in [1.165, 1.54) is 0 Å². The molecule has 1 N–H and O–H groups in total. The van der Waals surface area contributed by atoms with Crippen LogP contribution in [-0.2, 0) is 0 Å². The maximum atomic E-state index is 10.4. The monoisotopic (exact) mass is 255 g/mol. The Hall–Kier alpha value is -1.71. The average molecular weight is 255 g/mol. The predicted molar refractivity (Wildman–Crippen MR) is 74.9 cm³/mol. The number of aliphatic hydroxyl groups is 1. The normalized spacial score (nSPS) is 12.8. The van der Waals surface area contributed by atoms with E-state index in [0.717, 1.165) is 26.9 Å². The number of aryl methyl sites for hydroxylation is 1. The molecule has 0 aliphatic carbocycles. The number of thiophene rings is 1. The maximum Gasteiger partial charge on any atom is 0.114 e. The zero-order chi connectivity index (χ0) is 12.5. The van der Waals surface area contributed by atoms with Crippen LogP contribution in [0.1, 0.15) is 22.1 Å². The summed E-state index contributed by atoms with van der Waals surface area (Å²) in [6.07, 6.45) is 1.21. The number of nitrogens with zero attached hydrogens (tertiary/aromatic N) is 1. The van der Waals surface area contributed by atoms with Crippen LogP contribution in [0, 0.1) is 6.92 Å². The van der Waals surface area contributed by atoms with E-state index in [1.54, 1.807) is 17.5 Å². The molecule has 0 aliphatic rings. The van der Waals surface area contributed by atoms with Gasteiger partial charge in [-0.25, -0.2) is 0 Å². The van der Waals surface area contributed by atoms with Gasteiger partial charge in [0, 0.05) is 16.5 Å². The average Bonchev–Trinajstić information content (AvgIpc) is 2.83.